The lowest BCUT2D eigenvalue weighted by Crippen LogP contribution is -2.28. The number of thiophene rings is 1. The fourth-order valence-corrected chi connectivity index (χ4v) is 3.51. The van der Waals surface area contributed by atoms with Gasteiger partial charge in [-0.25, -0.2) is 0 Å². The van der Waals surface area contributed by atoms with E-state index in [1.54, 1.807) is 30.3 Å². The summed E-state index contributed by atoms with van der Waals surface area (Å²) in [5.74, 6) is -0.327. The van der Waals surface area contributed by atoms with Crippen LogP contribution in [0.2, 0.25) is 5.02 Å². The van der Waals surface area contributed by atoms with Gasteiger partial charge in [-0.1, -0.05) is 36.7 Å². The van der Waals surface area contributed by atoms with Crippen molar-refractivity contribution in [3.63, 3.8) is 0 Å². The molecule has 3 rings (SSSR count). The normalized spacial score (nSPS) is 11.6. The minimum atomic E-state index is -0.169. The Labute approximate surface area is 167 Å². The molecular weight excluding hydrogens is 380 g/mol. The van der Waals surface area contributed by atoms with Crippen molar-refractivity contribution in [3.8, 4) is 0 Å². The van der Waals surface area contributed by atoms with Crippen LogP contribution in [0.5, 0.6) is 0 Å². The van der Waals surface area contributed by atoms with Gasteiger partial charge in [0.2, 0.25) is 0 Å². The molecule has 0 spiro atoms. The molecule has 0 aliphatic carbocycles. The molecule has 0 fully saturated rings. The van der Waals surface area contributed by atoms with Gasteiger partial charge < -0.3 is 10.6 Å². The average molecular weight is 399 g/mol. The first kappa shape index (κ1) is 19.1. The number of carbonyl (C=O) groups excluding carboxylic acids is 2. The van der Waals surface area contributed by atoms with Gasteiger partial charge in [-0.3, -0.25) is 9.59 Å². The molecule has 2 amide bonds. The van der Waals surface area contributed by atoms with Crippen molar-refractivity contribution in [1.29, 1.82) is 0 Å². The summed E-state index contributed by atoms with van der Waals surface area (Å²) < 4.78 is 0. The first-order valence-corrected chi connectivity index (χ1v) is 9.84. The van der Waals surface area contributed by atoms with E-state index in [9.17, 15) is 9.59 Å². The van der Waals surface area contributed by atoms with Crippen LogP contribution in [-0.4, -0.2) is 11.8 Å². The Balaban J connectivity index is 1.65. The van der Waals surface area contributed by atoms with Gasteiger partial charge in [-0.2, -0.15) is 0 Å². The average Bonchev–Trinajstić information content (AvgIpc) is 3.21. The van der Waals surface area contributed by atoms with Crippen molar-refractivity contribution >= 4 is 40.4 Å². The van der Waals surface area contributed by atoms with Crippen LogP contribution in [0.4, 0.5) is 5.69 Å². The Morgan fingerprint density at radius 1 is 1.04 bits per heavy atom. The van der Waals surface area contributed by atoms with Crippen molar-refractivity contribution in [2.45, 2.75) is 19.4 Å². The molecule has 2 N–H and O–H groups in total. The summed E-state index contributed by atoms with van der Waals surface area (Å²) in [6, 6.07) is 17.8. The highest BCUT2D eigenvalue weighted by molar-refractivity contribution is 7.12. The van der Waals surface area contributed by atoms with Gasteiger partial charge in [0.1, 0.15) is 0 Å². The Hall–Kier alpha value is -2.63. The second-order valence-corrected chi connectivity index (χ2v) is 7.38. The van der Waals surface area contributed by atoms with Crippen molar-refractivity contribution in [3.05, 3.63) is 87.1 Å². The van der Waals surface area contributed by atoms with Crippen LogP contribution in [0.3, 0.4) is 0 Å². The van der Waals surface area contributed by atoms with E-state index in [-0.39, 0.29) is 17.9 Å². The lowest BCUT2D eigenvalue weighted by Gasteiger charge is -2.18. The minimum absolute atomic E-state index is 0.116. The van der Waals surface area contributed by atoms with Crippen LogP contribution < -0.4 is 10.6 Å². The molecule has 1 heterocycles. The Morgan fingerprint density at radius 3 is 2.44 bits per heavy atom. The second kappa shape index (κ2) is 8.84. The van der Waals surface area contributed by atoms with E-state index in [2.05, 4.69) is 10.6 Å². The summed E-state index contributed by atoms with van der Waals surface area (Å²) in [6.45, 7) is 2.01. The fraction of sp³-hybridized carbons (Fsp3) is 0.143. The molecule has 0 bridgehead atoms. The Morgan fingerprint density at radius 2 is 1.81 bits per heavy atom. The Bertz CT molecular complexity index is 924. The first-order valence-electron chi connectivity index (χ1n) is 8.58. The molecule has 3 aromatic rings. The summed E-state index contributed by atoms with van der Waals surface area (Å²) >= 11 is 7.43. The standard InChI is InChI=1S/C21H19ClN2O2S/c1-2-18(15-5-3-6-16(22)13-15)24-20(25)14-8-10-17(11-9-14)23-21(26)19-7-4-12-27-19/h3-13,18H,2H2,1H3,(H,23,26)(H,24,25). The molecule has 2 aromatic carbocycles. The smallest absolute Gasteiger partial charge is 0.265 e. The van der Waals surface area contributed by atoms with Crippen LogP contribution in [0.1, 0.15) is 45.0 Å². The number of hydrogen-bond acceptors (Lipinski definition) is 3. The van der Waals surface area contributed by atoms with E-state index in [1.165, 1.54) is 11.3 Å². The van der Waals surface area contributed by atoms with Crippen LogP contribution in [-0.2, 0) is 0 Å². The summed E-state index contributed by atoms with van der Waals surface area (Å²) in [5, 5.41) is 8.34. The van der Waals surface area contributed by atoms with Gasteiger partial charge in [-0.15, -0.1) is 11.3 Å². The number of nitrogens with one attached hydrogen (secondary N) is 2. The number of benzene rings is 2. The molecule has 4 nitrogen and oxygen atoms in total. The van der Waals surface area contributed by atoms with E-state index in [0.717, 1.165) is 12.0 Å². The van der Waals surface area contributed by atoms with E-state index < -0.39 is 0 Å². The monoisotopic (exact) mass is 398 g/mol. The van der Waals surface area contributed by atoms with Gasteiger partial charge in [0.05, 0.1) is 10.9 Å². The summed E-state index contributed by atoms with van der Waals surface area (Å²) in [4.78, 5) is 25.3. The first-order chi connectivity index (χ1) is 13.1. The maximum Gasteiger partial charge on any atom is 0.265 e. The van der Waals surface area contributed by atoms with Crippen molar-refractivity contribution in [2.24, 2.45) is 0 Å². The molecule has 1 atom stereocenters. The third-order valence-electron chi connectivity index (χ3n) is 4.11. The highest BCUT2D eigenvalue weighted by atomic mass is 35.5. The maximum absolute atomic E-state index is 12.6. The van der Waals surface area contributed by atoms with E-state index >= 15 is 0 Å². The number of carbonyl (C=O) groups is 2. The molecule has 0 radical (unpaired) electrons. The lowest BCUT2D eigenvalue weighted by atomic mass is 10.0. The van der Waals surface area contributed by atoms with Gasteiger partial charge in [0.25, 0.3) is 11.8 Å². The number of rotatable bonds is 6. The largest absolute Gasteiger partial charge is 0.345 e. The molecule has 138 valence electrons. The minimum Gasteiger partial charge on any atom is -0.345 e. The fourth-order valence-electron chi connectivity index (χ4n) is 2.69. The van der Waals surface area contributed by atoms with E-state index in [4.69, 9.17) is 11.6 Å². The summed E-state index contributed by atoms with van der Waals surface area (Å²) in [5.41, 5.74) is 2.15. The predicted octanol–water partition coefficient (Wildman–Crippen LogP) is 5.53. The van der Waals surface area contributed by atoms with Crippen LogP contribution in [0.25, 0.3) is 0 Å². The molecular formula is C21H19ClN2O2S. The molecule has 1 aromatic heterocycles. The summed E-state index contributed by atoms with van der Waals surface area (Å²) in [6.07, 6.45) is 0.751. The number of amides is 2. The predicted molar refractivity (Wildman–Crippen MR) is 111 cm³/mol. The second-order valence-electron chi connectivity index (χ2n) is 6.00. The van der Waals surface area contributed by atoms with Crippen molar-refractivity contribution in [2.75, 3.05) is 5.32 Å². The molecule has 0 aliphatic heterocycles. The quantitative estimate of drug-likeness (QED) is 0.573. The topological polar surface area (TPSA) is 58.2 Å². The molecule has 0 aliphatic rings. The molecule has 1 unspecified atom stereocenters. The Kier molecular flexibility index (Phi) is 6.27. The SMILES string of the molecule is CCC(NC(=O)c1ccc(NC(=O)c2cccs2)cc1)c1cccc(Cl)c1. The van der Waals surface area contributed by atoms with E-state index in [1.807, 2.05) is 42.6 Å². The van der Waals surface area contributed by atoms with Crippen molar-refractivity contribution < 1.29 is 9.59 Å². The highest BCUT2D eigenvalue weighted by Crippen LogP contribution is 2.21. The van der Waals surface area contributed by atoms with Gasteiger partial charge in [0.15, 0.2) is 0 Å². The zero-order valence-electron chi connectivity index (χ0n) is 14.7. The van der Waals surface area contributed by atoms with Crippen molar-refractivity contribution in [1.82, 2.24) is 5.32 Å². The third kappa shape index (κ3) is 4.96. The number of hydrogen-bond donors (Lipinski definition) is 2. The zero-order chi connectivity index (χ0) is 19.2. The van der Waals surface area contributed by atoms with Crippen LogP contribution in [0.15, 0.2) is 66.0 Å². The molecule has 0 saturated heterocycles. The highest BCUT2D eigenvalue weighted by Gasteiger charge is 2.15. The molecule has 27 heavy (non-hydrogen) atoms. The van der Waals surface area contributed by atoms with Crippen LogP contribution in [0, 0.1) is 0 Å². The lowest BCUT2D eigenvalue weighted by molar-refractivity contribution is 0.0935. The maximum atomic E-state index is 12.6. The van der Waals surface area contributed by atoms with Gasteiger partial charge in [0, 0.05) is 16.3 Å². The number of halogens is 1. The molecule has 6 heteroatoms. The number of anilines is 1. The summed E-state index contributed by atoms with van der Waals surface area (Å²) in [7, 11) is 0. The zero-order valence-corrected chi connectivity index (χ0v) is 16.3. The van der Waals surface area contributed by atoms with Gasteiger partial charge in [-0.05, 0) is 59.8 Å². The third-order valence-corrected chi connectivity index (χ3v) is 5.22. The van der Waals surface area contributed by atoms with E-state index in [0.29, 0.717) is 21.2 Å². The molecule has 0 saturated carbocycles. The van der Waals surface area contributed by atoms with Gasteiger partial charge >= 0.3 is 0 Å². The van der Waals surface area contributed by atoms with Crippen LogP contribution >= 0.6 is 22.9 Å².